The van der Waals surface area contributed by atoms with E-state index < -0.39 is 6.10 Å². The van der Waals surface area contributed by atoms with Gasteiger partial charge in [0.15, 0.2) is 0 Å². The molecule has 0 radical (unpaired) electrons. The molecule has 2 bridgehead atoms. The Kier molecular flexibility index (Phi) is 5.91. The van der Waals surface area contributed by atoms with Gasteiger partial charge < -0.3 is 14.9 Å². The number of rotatable bonds is 4. The van der Waals surface area contributed by atoms with Crippen molar-refractivity contribution < 1.29 is 14.9 Å². The van der Waals surface area contributed by atoms with Crippen molar-refractivity contribution in [3.63, 3.8) is 0 Å². The molecule has 2 N–H and O–H groups in total. The van der Waals surface area contributed by atoms with Crippen molar-refractivity contribution in [3.8, 4) is 0 Å². The molecule has 15 heavy (non-hydrogen) atoms. The van der Waals surface area contributed by atoms with Gasteiger partial charge in [-0.3, -0.25) is 0 Å². The first kappa shape index (κ1) is 12.7. The number of ether oxygens (including phenoxy) is 1. The minimum Gasteiger partial charge on any atom is -0.391 e. The lowest BCUT2D eigenvalue weighted by atomic mass is 10.1. The second kappa shape index (κ2) is 6.99. The van der Waals surface area contributed by atoms with E-state index in [1.54, 1.807) is 0 Å². The van der Waals surface area contributed by atoms with Crippen molar-refractivity contribution in [3.05, 3.63) is 12.2 Å². The number of fused-ring (bicyclic) bond motifs is 2. The van der Waals surface area contributed by atoms with E-state index in [9.17, 15) is 0 Å². The number of aliphatic hydroxyl groups excluding tert-OH is 2. The van der Waals surface area contributed by atoms with Crippen molar-refractivity contribution in [2.24, 2.45) is 11.8 Å². The smallest absolute Gasteiger partial charge is 0.143 e. The molecule has 2 rings (SSSR count). The van der Waals surface area contributed by atoms with Gasteiger partial charge in [-0.1, -0.05) is 19.1 Å². The van der Waals surface area contributed by atoms with E-state index in [2.05, 4.69) is 16.9 Å². The van der Waals surface area contributed by atoms with Crippen molar-refractivity contribution in [2.45, 2.75) is 38.7 Å². The van der Waals surface area contributed by atoms with Crippen LogP contribution in [0.5, 0.6) is 0 Å². The topological polar surface area (TPSA) is 49.7 Å². The Morgan fingerprint density at radius 2 is 1.93 bits per heavy atom. The Hall–Kier alpha value is -0.380. The predicted molar refractivity (Wildman–Crippen MR) is 59.3 cm³/mol. The molecule has 88 valence electrons. The quantitative estimate of drug-likeness (QED) is 0.553. The Bertz CT molecular complexity index is 179. The Balaban J connectivity index is 0.000000150. The van der Waals surface area contributed by atoms with Gasteiger partial charge in [0.25, 0.3) is 0 Å². The summed E-state index contributed by atoms with van der Waals surface area (Å²) < 4.78 is 4.49. The van der Waals surface area contributed by atoms with Crippen LogP contribution in [0.4, 0.5) is 0 Å². The van der Waals surface area contributed by atoms with Crippen LogP contribution < -0.4 is 0 Å². The molecule has 3 unspecified atom stereocenters. The molecule has 0 heterocycles. The molecule has 1 saturated carbocycles. The lowest BCUT2D eigenvalue weighted by Gasteiger charge is -2.04. The molecular formula is C12H22O3. The third-order valence-electron chi connectivity index (χ3n) is 3.04. The molecule has 1 fully saturated rings. The average molecular weight is 214 g/mol. The third-order valence-corrected chi connectivity index (χ3v) is 3.04. The maximum absolute atomic E-state index is 8.75. The molecule has 0 aromatic carbocycles. The highest BCUT2D eigenvalue weighted by Gasteiger charge is 2.25. The van der Waals surface area contributed by atoms with Gasteiger partial charge in [-0.15, -0.1) is 0 Å². The Morgan fingerprint density at radius 1 is 1.33 bits per heavy atom. The molecule has 2 aliphatic carbocycles. The summed E-state index contributed by atoms with van der Waals surface area (Å²) in [5.41, 5.74) is 0. The van der Waals surface area contributed by atoms with Crippen molar-refractivity contribution in [2.75, 3.05) is 13.4 Å². The van der Waals surface area contributed by atoms with Crippen LogP contribution in [0.15, 0.2) is 12.2 Å². The number of allylic oxidation sites excluding steroid dienone is 2. The molecule has 0 saturated heterocycles. The lowest BCUT2D eigenvalue weighted by molar-refractivity contribution is -0.0419. The van der Waals surface area contributed by atoms with Gasteiger partial charge in [0, 0.05) is 0 Å². The molecule has 2 aliphatic rings. The van der Waals surface area contributed by atoms with Crippen LogP contribution in [0.2, 0.25) is 0 Å². The number of aliphatic hydroxyl groups is 2. The van der Waals surface area contributed by atoms with Gasteiger partial charge in [0.05, 0.1) is 12.7 Å². The first-order chi connectivity index (χ1) is 7.26. The van der Waals surface area contributed by atoms with Crippen molar-refractivity contribution in [1.29, 1.82) is 0 Å². The first-order valence-electron chi connectivity index (χ1n) is 5.81. The summed E-state index contributed by atoms with van der Waals surface area (Å²) in [7, 11) is 0. The monoisotopic (exact) mass is 214 g/mol. The fourth-order valence-corrected chi connectivity index (χ4v) is 2.02. The van der Waals surface area contributed by atoms with E-state index in [0.29, 0.717) is 6.42 Å². The minimum absolute atomic E-state index is 0.229. The summed E-state index contributed by atoms with van der Waals surface area (Å²) in [6.45, 7) is 1.77. The summed E-state index contributed by atoms with van der Waals surface area (Å²) in [5.74, 6) is 1.98. The van der Waals surface area contributed by atoms with Gasteiger partial charge in [0.1, 0.15) is 6.79 Å². The van der Waals surface area contributed by atoms with Crippen LogP contribution in [-0.2, 0) is 4.74 Å². The van der Waals surface area contributed by atoms with Crippen molar-refractivity contribution >= 4 is 0 Å². The van der Waals surface area contributed by atoms with E-state index in [1.807, 2.05) is 6.92 Å². The second-order valence-corrected chi connectivity index (χ2v) is 4.28. The normalized spacial score (nSPS) is 28.7. The predicted octanol–water partition coefficient (Wildman–Crippen LogP) is 1.70. The SMILES string of the molecule is C1=CC2CCC1C2.CCC(O)COCO. The van der Waals surface area contributed by atoms with Gasteiger partial charge >= 0.3 is 0 Å². The number of hydrogen-bond acceptors (Lipinski definition) is 3. The van der Waals surface area contributed by atoms with Crippen LogP contribution >= 0.6 is 0 Å². The Morgan fingerprint density at radius 3 is 2.20 bits per heavy atom. The van der Waals surface area contributed by atoms with Crippen LogP contribution in [0.25, 0.3) is 0 Å². The fourth-order valence-electron chi connectivity index (χ4n) is 2.02. The van der Waals surface area contributed by atoms with Crippen LogP contribution in [0, 0.1) is 11.8 Å². The summed E-state index contributed by atoms with van der Waals surface area (Å²) in [6.07, 6.45) is 9.42. The fraction of sp³-hybridized carbons (Fsp3) is 0.833. The zero-order chi connectivity index (χ0) is 11.1. The average Bonchev–Trinajstić information content (AvgIpc) is 2.90. The third kappa shape index (κ3) is 4.78. The molecule has 3 atom stereocenters. The molecular weight excluding hydrogens is 192 g/mol. The largest absolute Gasteiger partial charge is 0.391 e. The van der Waals surface area contributed by atoms with E-state index in [0.717, 1.165) is 11.8 Å². The summed E-state index contributed by atoms with van der Waals surface area (Å²) in [5, 5.41) is 16.8. The molecule has 0 spiro atoms. The lowest BCUT2D eigenvalue weighted by Crippen LogP contribution is -2.13. The summed E-state index contributed by atoms with van der Waals surface area (Å²) in [4.78, 5) is 0. The van der Waals surface area contributed by atoms with Crippen LogP contribution in [0.1, 0.15) is 32.6 Å². The maximum atomic E-state index is 8.75. The minimum atomic E-state index is -0.429. The highest BCUT2D eigenvalue weighted by Crippen LogP contribution is 2.38. The summed E-state index contributed by atoms with van der Waals surface area (Å²) >= 11 is 0. The molecule has 3 heteroatoms. The van der Waals surface area contributed by atoms with Gasteiger partial charge in [-0.05, 0) is 37.5 Å². The van der Waals surface area contributed by atoms with Gasteiger partial charge in [0.2, 0.25) is 0 Å². The molecule has 0 aromatic heterocycles. The highest BCUT2D eigenvalue weighted by molar-refractivity contribution is 5.06. The van der Waals surface area contributed by atoms with E-state index in [4.69, 9.17) is 10.2 Å². The molecule has 0 aromatic rings. The van der Waals surface area contributed by atoms with E-state index >= 15 is 0 Å². The second-order valence-electron chi connectivity index (χ2n) is 4.28. The number of hydrogen-bond donors (Lipinski definition) is 2. The first-order valence-corrected chi connectivity index (χ1v) is 5.81. The molecule has 0 amide bonds. The molecule has 3 nitrogen and oxygen atoms in total. The standard InChI is InChI=1S/C7H10.C5H12O3/c1-2-7-4-3-6(1)5-7;1-2-5(7)3-8-4-6/h1-2,6-7H,3-5H2;5-7H,2-4H2,1H3. The zero-order valence-electron chi connectivity index (χ0n) is 9.43. The summed E-state index contributed by atoms with van der Waals surface area (Å²) in [6, 6.07) is 0. The highest BCUT2D eigenvalue weighted by atomic mass is 16.6. The zero-order valence-corrected chi connectivity index (χ0v) is 9.43. The van der Waals surface area contributed by atoms with Crippen molar-refractivity contribution in [1.82, 2.24) is 0 Å². The van der Waals surface area contributed by atoms with Gasteiger partial charge in [-0.25, -0.2) is 0 Å². The molecule has 0 aliphatic heterocycles. The van der Waals surface area contributed by atoms with Crippen LogP contribution in [0.3, 0.4) is 0 Å². The Labute approximate surface area is 91.8 Å². The van der Waals surface area contributed by atoms with Gasteiger partial charge in [-0.2, -0.15) is 0 Å². The van der Waals surface area contributed by atoms with Crippen LogP contribution in [-0.4, -0.2) is 29.7 Å². The van der Waals surface area contributed by atoms with E-state index in [-0.39, 0.29) is 13.4 Å². The van der Waals surface area contributed by atoms with E-state index in [1.165, 1.54) is 19.3 Å². The maximum Gasteiger partial charge on any atom is 0.143 e.